The fraction of sp³-hybridized carbons (Fsp3) is 0.444. The van der Waals surface area contributed by atoms with Gasteiger partial charge in [0.25, 0.3) is 0 Å². The molecule has 0 aliphatic heterocycles. The van der Waals surface area contributed by atoms with Crippen molar-refractivity contribution in [1.82, 2.24) is 10.6 Å². The van der Waals surface area contributed by atoms with E-state index in [1.807, 2.05) is 38.1 Å². The highest BCUT2D eigenvalue weighted by atomic mass is 16.5. The zero-order valence-electron chi connectivity index (χ0n) is 19.7. The molecule has 2 aliphatic rings. The van der Waals surface area contributed by atoms with Gasteiger partial charge in [0, 0.05) is 12.5 Å². The molecule has 1 fully saturated rings. The predicted molar refractivity (Wildman–Crippen MR) is 128 cm³/mol. The summed E-state index contributed by atoms with van der Waals surface area (Å²) in [7, 11) is 0. The Morgan fingerprint density at radius 3 is 2.12 bits per heavy atom. The Hall–Kier alpha value is -3.35. The number of alkyl carbamates (subject to hydrolysis) is 1. The fourth-order valence-corrected chi connectivity index (χ4v) is 5.10. The first kappa shape index (κ1) is 23.8. The molecule has 2 aromatic carbocycles. The number of amides is 2. The van der Waals surface area contributed by atoms with E-state index in [1.54, 1.807) is 0 Å². The third-order valence-electron chi connectivity index (χ3n) is 7.14. The van der Waals surface area contributed by atoms with Crippen LogP contribution >= 0.6 is 0 Å². The van der Waals surface area contributed by atoms with E-state index in [0.717, 1.165) is 41.5 Å². The number of carbonyl (C=O) groups excluding carboxylic acids is 2. The van der Waals surface area contributed by atoms with Crippen molar-refractivity contribution in [2.45, 2.75) is 51.5 Å². The topological polar surface area (TPSA) is 105 Å². The van der Waals surface area contributed by atoms with Crippen LogP contribution in [0.15, 0.2) is 48.5 Å². The molecule has 0 radical (unpaired) electrons. The minimum Gasteiger partial charge on any atom is -0.481 e. The Balaban J connectivity index is 1.36. The zero-order chi connectivity index (χ0) is 24.3. The van der Waals surface area contributed by atoms with Crippen molar-refractivity contribution < 1.29 is 24.2 Å². The van der Waals surface area contributed by atoms with Crippen LogP contribution in [0.1, 0.15) is 56.6 Å². The Morgan fingerprint density at radius 1 is 1.03 bits per heavy atom. The Labute approximate surface area is 199 Å². The summed E-state index contributed by atoms with van der Waals surface area (Å²) in [6.45, 7) is 4.18. The molecule has 4 rings (SSSR count). The highest BCUT2D eigenvalue weighted by Crippen LogP contribution is 2.45. The molecule has 0 heterocycles. The molecule has 2 amide bonds. The molecule has 2 aromatic rings. The molecule has 34 heavy (non-hydrogen) atoms. The molecule has 0 aromatic heterocycles. The molecule has 1 saturated carbocycles. The molecular weight excluding hydrogens is 432 g/mol. The lowest BCUT2D eigenvalue weighted by atomic mass is 9.66. The number of carboxylic acid groups (broad SMARTS) is 1. The minimum atomic E-state index is -0.855. The average Bonchev–Trinajstić information content (AvgIpc) is 3.11. The summed E-state index contributed by atoms with van der Waals surface area (Å²) in [5, 5.41) is 14.8. The normalized spacial score (nSPS) is 16.7. The van der Waals surface area contributed by atoms with Crippen molar-refractivity contribution in [3.63, 3.8) is 0 Å². The number of hydrogen-bond acceptors (Lipinski definition) is 4. The molecule has 0 spiro atoms. The Bertz CT molecular complexity index is 1030. The van der Waals surface area contributed by atoms with Gasteiger partial charge in [0.2, 0.25) is 5.91 Å². The van der Waals surface area contributed by atoms with Crippen LogP contribution in [-0.4, -0.2) is 42.3 Å². The van der Waals surface area contributed by atoms with Gasteiger partial charge in [0.05, 0.1) is 6.42 Å². The molecule has 7 nitrogen and oxygen atoms in total. The molecule has 7 heteroatoms. The van der Waals surface area contributed by atoms with E-state index in [4.69, 9.17) is 4.74 Å². The maximum Gasteiger partial charge on any atom is 0.407 e. The monoisotopic (exact) mass is 464 g/mol. The number of carbonyl (C=O) groups is 3. The van der Waals surface area contributed by atoms with E-state index < -0.39 is 18.1 Å². The minimum absolute atomic E-state index is 0.0411. The van der Waals surface area contributed by atoms with Crippen LogP contribution in [0.2, 0.25) is 0 Å². The van der Waals surface area contributed by atoms with E-state index >= 15 is 0 Å². The van der Waals surface area contributed by atoms with Crippen LogP contribution in [-0.2, 0) is 14.3 Å². The third kappa shape index (κ3) is 4.93. The zero-order valence-corrected chi connectivity index (χ0v) is 19.7. The quantitative estimate of drug-likeness (QED) is 0.513. The number of ether oxygens (including phenoxy) is 1. The smallest absolute Gasteiger partial charge is 0.407 e. The highest BCUT2D eigenvalue weighted by molar-refractivity contribution is 5.86. The summed E-state index contributed by atoms with van der Waals surface area (Å²) in [6.07, 6.45) is 1.94. The van der Waals surface area contributed by atoms with Gasteiger partial charge in [-0.1, -0.05) is 68.8 Å². The molecular formula is C27H32N2O5. The summed E-state index contributed by atoms with van der Waals surface area (Å²) in [6, 6.07) is 15.5. The van der Waals surface area contributed by atoms with Crippen LogP contribution in [0.5, 0.6) is 0 Å². The average molecular weight is 465 g/mol. The first-order valence-electron chi connectivity index (χ1n) is 11.9. The fourth-order valence-electron chi connectivity index (χ4n) is 5.10. The van der Waals surface area contributed by atoms with Gasteiger partial charge in [-0.3, -0.25) is 9.59 Å². The maximum atomic E-state index is 12.9. The van der Waals surface area contributed by atoms with Crippen LogP contribution in [0.3, 0.4) is 0 Å². The summed E-state index contributed by atoms with van der Waals surface area (Å²) in [4.78, 5) is 36.7. The first-order valence-corrected chi connectivity index (χ1v) is 11.9. The van der Waals surface area contributed by atoms with E-state index in [1.165, 1.54) is 0 Å². The SMILES string of the molecule is CC(C)C(NC(=O)OCC1c2ccccc2-c2ccccc21)C(=O)NCC1(CC(=O)O)CCC1. The van der Waals surface area contributed by atoms with Gasteiger partial charge in [-0.25, -0.2) is 4.79 Å². The largest absolute Gasteiger partial charge is 0.481 e. The number of nitrogens with one attached hydrogen (secondary N) is 2. The second-order valence-corrected chi connectivity index (χ2v) is 9.83. The molecule has 3 N–H and O–H groups in total. The van der Waals surface area contributed by atoms with Crippen LogP contribution < -0.4 is 10.6 Å². The van der Waals surface area contributed by atoms with Crippen LogP contribution in [0, 0.1) is 11.3 Å². The van der Waals surface area contributed by atoms with E-state index in [0.29, 0.717) is 6.54 Å². The van der Waals surface area contributed by atoms with Crippen molar-refractivity contribution >= 4 is 18.0 Å². The molecule has 0 saturated heterocycles. The lowest BCUT2D eigenvalue weighted by molar-refractivity contribution is -0.142. The number of aliphatic carboxylic acids is 1. The number of carboxylic acids is 1. The molecule has 1 unspecified atom stereocenters. The summed E-state index contributed by atoms with van der Waals surface area (Å²) >= 11 is 0. The van der Waals surface area contributed by atoms with E-state index in [2.05, 4.69) is 34.9 Å². The molecule has 2 aliphatic carbocycles. The third-order valence-corrected chi connectivity index (χ3v) is 7.14. The predicted octanol–water partition coefficient (Wildman–Crippen LogP) is 4.31. The van der Waals surface area contributed by atoms with Gasteiger partial charge < -0.3 is 20.5 Å². The number of hydrogen-bond donors (Lipinski definition) is 3. The molecule has 1 atom stereocenters. The van der Waals surface area contributed by atoms with Gasteiger partial charge in [-0.05, 0) is 46.4 Å². The van der Waals surface area contributed by atoms with Crippen LogP contribution in [0.25, 0.3) is 11.1 Å². The number of benzene rings is 2. The van der Waals surface area contributed by atoms with Gasteiger partial charge in [-0.2, -0.15) is 0 Å². The lowest BCUT2D eigenvalue weighted by Gasteiger charge is -2.41. The second-order valence-electron chi connectivity index (χ2n) is 9.83. The number of rotatable bonds is 9. The molecule has 180 valence electrons. The summed E-state index contributed by atoms with van der Waals surface area (Å²) in [5.41, 5.74) is 4.17. The number of fused-ring (bicyclic) bond motifs is 3. The first-order chi connectivity index (χ1) is 16.3. The second kappa shape index (κ2) is 9.87. The molecule has 0 bridgehead atoms. The highest BCUT2D eigenvalue weighted by Gasteiger charge is 2.40. The van der Waals surface area contributed by atoms with Gasteiger partial charge >= 0.3 is 12.1 Å². The summed E-state index contributed by atoms with van der Waals surface area (Å²) < 4.78 is 5.59. The lowest BCUT2D eigenvalue weighted by Crippen LogP contribution is -2.53. The van der Waals surface area contributed by atoms with Crippen molar-refractivity contribution in [1.29, 1.82) is 0 Å². The van der Waals surface area contributed by atoms with E-state index in [9.17, 15) is 19.5 Å². The standard InChI is InChI=1S/C27H32N2O5/c1-17(2)24(25(32)28-16-27(12-7-13-27)14-23(30)31)29-26(33)34-15-22-20-10-5-3-8-18(20)19-9-4-6-11-21(19)22/h3-6,8-11,17,22,24H,7,12-16H2,1-2H3,(H,28,32)(H,29,33)(H,30,31). The van der Waals surface area contributed by atoms with Gasteiger partial charge in [0.1, 0.15) is 12.6 Å². The van der Waals surface area contributed by atoms with E-state index in [-0.39, 0.29) is 36.2 Å². The van der Waals surface area contributed by atoms with Gasteiger partial charge in [0.15, 0.2) is 0 Å². The van der Waals surface area contributed by atoms with Crippen molar-refractivity contribution in [3.8, 4) is 11.1 Å². The maximum absolute atomic E-state index is 12.9. The van der Waals surface area contributed by atoms with Crippen molar-refractivity contribution in [3.05, 3.63) is 59.7 Å². The Morgan fingerprint density at radius 2 is 1.62 bits per heavy atom. The van der Waals surface area contributed by atoms with Crippen LogP contribution in [0.4, 0.5) is 4.79 Å². The van der Waals surface area contributed by atoms with Gasteiger partial charge in [-0.15, -0.1) is 0 Å². The van der Waals surface area contributed by atoms with Crippen molar-refractivity contribution in [2.75, 3.05) is 13.2 Å². The summed E-state index contributed by atoms with van der Waals surface area (Å²) in [5.74, 6) is -1.39. The van der Waals surface area contributed by atoms with Crippen molar-refractivity contribution in [2.24, 2.45) is 11.3 Å². The Kier molecular flexibility index (Phi) is 6.91.